The quantitative estimate of drug-likeness (QED) is 0.861. The third-order valence-electron chi connectivity index (χ3n) is 3.35. The van der Waals surface area contributed by atoms with Crippen LogP contribution in [0.4, 0.5) is 10.5 Å². The predicted octanol–water partition coefficient (Wildman–Crippen LogP) is 2.57. The number of methoxy groups -OCH3 is 1. The molecule has 2 rings (SSSR count). The molecule has 2 aromatic rings. The molecule has 1 aromatic heterocycles. The molecule has 120 valence electrons. The van der Waals surface area contributed by atoms with Crippen LogP contribution < -0.4 is 5.32 Å². The number of amides is 2. The van der Waals surface area contributed by atoms with Gasteiger partial charge in [0.25, 0.3) is 0 Å². The highest BCUT2D eigenvalue weighted by atomic mass is 16.5. The number of benzene rings is 1. The number of hydrogen-bond acceptors (Lipinski definition) is 4. The molecular formula is C17H19N3O3. The number of likely N-dealkylation sites (N-methyl/N-ethyl adjacent to an activating group) is 1. The molecule has 6 nitrogen and oxygen atoms in total. The van der Waals surface area contributed by atoms with Gasteiger partial charge in [0.15, 0.2) is 0 Å². The zero-order valence-electron chi connectivity index (χ0n) is 13.2. The van der Waals surface area contributed by atoms with Gasteiger partial charge in [-0.3, -0.25) is 4.98 Å². The second-order valence-corrected chi connectivity index (χ2v) is 4.96. The van der Waals surface area contributed by atoms with E-state index in [4.69, 9.17) is 4.74 Å². The van der Waals surface area contributed by atoms with Gasteiger partial charge in [-0.05, 0) is 24.3 Å². The van der Waals surface area contributed by atoms with Crippen molar-refractivity contribution in [3.8, 4) is 0 Å². The topological polar surface area (TPSA) is 71.5 Å². The molecule has 1 N–H and O–H groups in total. The van der Waals surface area contributed by atoms with E-state index in [9.17, 15) is 9.59 Å². The Labute approximate surface area is 135 Å². The molecule has 0 unspecified atom stereocenters. The van der Waals surface area contributed by atoms with Gasteiger partial charge >= 0.3 is 12.0 Å². The van der Waals surface area contributed by atoms with Crippen molar-refractivity contribution in [2.45, 2.75) is 6.42 Å². The Bertz CT molecular complexity index is 674. The van der Waals surface area contributed by atoms with Crippen molar-refractivity contribution in [1.82, 2.24) is 9.88 Å². The van der Waals surface area contributed by atoms with Crippen molar-refractivity contribution < 1.29 is 14.3 Å². The van der Waals surface area contributed by atoms with Crippen LogP contribution in [-0.4, -0.2) is 42.6 Å². The molecule has 0 atom stereocenters. The Hall–Kier alpha value is -2.89. The summed E-state index contributed by atoms with van der Waals surface area (Å²) in [5.74, 6) is -0.489. The average Bonchev–Trinajstić information content (AvgIpc) is 2.60. The molecule has 23 heavy (non-hydrogen) atoms. The Balaban J connectivity index is 1.97. The molecule has 0 bridgehead atoms. The fourth-order valence-electron chi connectivity index (χ4n) is 2.02. The number of nitrogens with zero attached hydrogens (tertiary/aromatic N) is 2. The minimum absolute atomic E-state index is 0.294. The van der Waals surface area contributed by atoms with E-state index in [0.29, 0.717) is 24.2 Å². The molecular weight excluding hydrogens is 294 g/mol. The lowest BCUT2D eigenvalue weighted by molar-refractivity contribution is 0.0602. The predicted molar refractivity (Wildman–Crippen MR) is 87.4 cm³/mol. The standard InChI is InChI=1S/C17H19N3O3/c1-20(12-10-13-7-5-6-11-18-13)17(22)19-15-9-4-3-8-14(15)16(21)23-2/h3-9,11H,10,12H2,1-2H3,(H,19,22). The number of nitrogens with one attached hydrogen (secondary N) is 1. The van der Waals surface area contributed by atoms with E-state index < -0.39 is 5.97 Å². The van der Waals surface area contributed by atoms with Gasteiger partial charge in [-0.1, -0.05) is 18.2 Å². The van der Waals surface area contributed by atoms with Crippen molar-refractivity contribution in [1.29, 1.82) is 0 Å². The van der Waals surface area contributed by atoms with E-state index in [2.05, 4.69) is 10.3 Å². The summed E-state index contributed by atoms with van der Waals surface area (Å²) in [5, 5.41) is 2.73. The van der Waals surface area contributed by atoms with Gasteiger partial charge in [-0.25, -0.2) is 9.59 Å². The summed E-state index contributed by atoms with van der Waals surface area (Å²) < 4.78 is 4.71. The maximum absolute atomic E-state index is 12.2. The van der Waals surface area contributed by atoms with Crippen LogP contribution in [0.5, 0.6) is 0 Å². The highest BCUT2D eigenvalue weighted by Crippen LogP contribution is 2.16. The van der Waals surface area contributed by atoms with Gasteiger partial charge in [0.1, 0.15) is 0 Å². The summed E-state index contributed by atoms with van der Waals surface area (Å²) >= 11 is 0. The monoisotopic (exact) mass is 313 g/mol. The van der Waals surface area contributed by atoms with Crippen LogP contribution in [0.25, 0.3) is 0 Å². The molecule has 0 saturated heterocycles. The maximum Gasteiger partial charge on any atom is 0.339 e. The first-order valence-corrected chi connectivity index (χ1v) is 7.21. The molecule has 1 aromatic carbocycles. The van der Waals surface area contributed by atoms with Gasteiger partial charge < -0.3 is 15.0 Å². The van der Waals surface area contributed by atoms with Crippen molar-refractivity contribution >= 4 is 17.7 Å². The molecule has 0 aliphatic rings. The molecule has 2 amide bonds. The Morgan fingerprint density at radius 1 is 1.17 bits per heavy atom. The molecule has 0 radical (unpaired) electrons. The van der Waals surface area contributed by atoms with E-state index in [-0.39, 0.29) is 6.03 Å². The highest BCUT2D eigenvalue weighted by molar-refractivity contribution is 6.00. The second kappa shape index (κ2) is 7.93. The minimum Gasteiger partial charge on any atom is -0.465 e. The third-order valence-corrected chi connectivity index (χ3v) is 3.35. The van der Waals surface area contributed by atoms with Crippen molar-refractivity contribution in [3.05, 3.63) is 59.9 Å². The van der Waals surface area contributed by atoms with Crippen LogP contribution in [-0.2, 0) is 11.2 Å². The Morgan fingerprint density at radius 3 is 2.61 bits per heavy atom. The van der Waals surface area contributed by atoms with E-state index >= 15 is 0 Å². The fraction of sp³-hybridized carbons (Fsp3) is 0.235. The van der Waals surface area contributed by atoms with Crippen LogP contribution in [0.3, 0.4) is 0 Å². The number of carbonyl (C=O) groups excluding carboxylic acids is 2. The third kappa shape index (κ3) is 4.54. The smallest absolute Gasteiger partial charge is 0.339 e. The van der Waals surface area contributed by atoms with Crippen LogP contribution in [0.1, 0.15) is 16.1 Å². The Kier molecular flexibility index (Phi) is 5.68. The lowest BCUT2D eigenvalue weighted by atomic mass is 10.2. The summed E-state index contributed by atoms with van der Waals surface area (Å²) in [5.41, 5.74) is 1.66. The fourth-order valence-corrected chi connectivity index (χ4v) is 2.02. The number of anilines is 1. The first-order chi connectivity index (χ1) is 11.1. The largest absolute Gasteiger partial charge is 0.465 e. The van der Waals surface area contributed by atoms with E-state index in [1.807, 2.05) is 18.2 Å². The molecule has 6 heteroatoms. The second-order valence-electron chi connectivity index (χ2n) is 4.96. The number of ether oxygens (including phenoxy) is 1. The number of aromatic nitrogens is 1. The summed E-state index contributed by atoms with van der Waals surface area (Å²) in [6, 6.07) is 12.1. The lowest BCUT2D eigenvalue weighted by Crippen LogP contribution is -2.33. The van der Waals surface area contributed by atoms with Gasteiger partial charge in [0.05, 0.1) is 18.4 Å². The number of para-hydroxylation sites is 1. The van der Waals surface area contributed by atoms with Crippen LogP contribution in [0, 0.1) is 0 Å². The highest BCUT2D eigenvalue weighted by Gasteiger charge is 2.15. The van der Waals surface area contributed by atoms with Gasteiger partial charge in [0.2, 0.25) is 0 Å². The minimum atomic E-state index is -0.489. The Morgan fingerprint density at radius 2 is 1.91 bits per heavy atom. The maximum atomic E-state index is 12.2. The van der Waals surface area contributed by atoms with Crippen molar-refractivity contribution in [2.24, 2.45) is 0 Å². The number of rotatable bonds is 5. The number of carbonyl (C=O) groups is 2. The zero-order chi connectivity index (χ0) is 16.7. The molecule has 0 spiro atoms. The zero-order valence-corrected chi connectivity index (χ0v) is 13.2. The van der Waals surface area contributed by atoms with E-state index in [1.54, 1.807) is 42.4 Å². The average molecular weight is 313 g/mol. The molecule has 1 heterocycles. The van der Waals surface area contributed by atoms with Crippen molar-refractivity contribution in [3.63, 3.8) is 0 Å². The summed E-state index contributed by atoms with van der Waals surface area (Å²) in [7, 11) is 3.00. The van der Waals surface area contributed by atoms with Crippen LogP contribution >= 0.6 is 0 Å². The molecule has 0 fully saturated rings. The SMILES string of the molecule is COC(=O)c1ccccc1NC(=O)N(C)CCc1ccccn1. The number of esters is 1. The van der Waals surface area contributed by atoms with E-state index in [0.717, 1.165) is 5.69 Å². The number of urea groups is 1. The number of hydrogen-bond donors (Lipinski definition) is 1. The van der Waals surface area contributed by atoms with Gasteiger partial charge in [0, 0.05) is 31.9 Å². The summed E-state index contributed by atoms with van der Waals surface area (Å²) in [6.07, 6.45) is 2.38. The first-order valence-electron chi connectivity index (χ1n) is 7.21. The van der Waals surface area contributed by atoms with Gasteiger partial charge in [-0.15, -0.1) is 0 Å². The summed E-state index contributed by atoms with van der Waals surface area (Å²) in [4.78, 5) is 29.7. The molecule has 0 aliphatic heterocycles. The van der Waals surface area contributed by atoms with Crippen LogP contribution in [0.2, 0.25) is 0 Å². The lowest BCUT2D eigenvalue weighted by Gasteiger charge is -2.18. The first kappa shape index (κ1) is 16.5. The number of pyridine rings is 1. The molecule has 0 aliphatic carbocycles. The summed E-state index contributed by atoms with van der Waals surface area (Å²) in [6.45, 7) is 0.517. The van der Waals surface area contributed by atoms with Crippen molar-refractivity contribution in [2.75, 3.05) is 26.0 Å². The molecule has 0 saturated carbocycles. The van der Waals surface area contributed by atoms with Gasteiger partial charge in [-0.2, -0.15) is 0 Å². The van der Waals surface area contributed by atoms with E-state index in [1.165, 1.54) is 7.11 Å². The normalized spacial score (nSPS) is 10.0. The van der Waals surface area contributed by atoms with Crippen LogP contribution in [0.15, 0.2) is 48.7 Å².